The summed E-state index contributed by atoms with van der Waals surface area (Å²) in [6, 6.07) is 7.15. The first-order chi connectivity index (χ1) is 9.61. The maximum atomic E-state index is 12.2. The summed E-state index contributed by atoms with van der Waals surface area (Å²) >= 11 is 0. The normalized spacial score (nSPS) is 14.2. The minimum Gasteiger partial charge on any atom is -0.497 e. The van der Waals surface area contributed by atoms with Crippen LogP contribution in [0.2, 0.25) is 0 Å². The van der Waals surface area contributed by atoms with E-state index in [2.05, 4.69) is 0 Å². The highest BCUT2D eigenvalue weighted by Crippen LogP contribution is 2.20. The van der Waals surface area contributed by atoms with Crippen LogP contribution in [0.1, 0.15) is 19.8 Å². The standard InChI is InChI=1S/C15H20N2O3/c1-12(18)17(11-15(19)16-9-3-4-10-16)13-5-7-14(20-2)8-6-13/h5-8H,3-4,9-11H2,1-2H3. The van der Waals surface area contributed by atoms with Crippen molar-refractivity contribution in [3.8, 4) is 5.75 Å². The van der Waals surface area contributed by atoms with E-state index in [1.165, 1.54) is 11.8 Å². The minimum absolute atomic E-state index is 0.00789. The van der Waals surface area contributed by atoms with Gasteiger partial charge in [0.05, 0.1) is 7.11 Å². The van der Waals surface area contributed by atoms with Crippen LogP contribution in [0.25, 0.3) is 0 Å². The van der Waals surface area contributed by atoms with Gasteiger partial charge < -0.3 is 14.5 Å². The minimum atomic E-state index is -0.136. The van der Waals surface area contributed by atoms with Crippen molar-refractivity contribution in [2.75, 3.05) is 31.6 Å². The molecule has 1 saturated heterocycles. The van der Waals surface area contributed by atoms with Crippen molar-refractivity contribution < 1.29 is 14.3 Å². The van der Waals surface area contributed by atoms with Gasteiger partial charge in [0.2, 0.25) is 11.8 Å². The Balaban J connectivity index is 2.09. The number of rotatable bonds is 4. The van der Waals surface area contributed by atoms with E-state index < -0.39 is 0 Å². The van der Waals surface area contributed by atoms with E-state index in [4.69, 9.17) is 4.74 Å². The van der Waals surface area contributed by atoms with Crippen molar-refractivity contribution >= 4 is 17.5 Å². The number of hydrogen-bond acceptors (Lipinski definition) is 3. The van der Waals surface area contributed by atoms with Gasteiger partial charge in [0, 0.05) is 25.7 Å². The second kappa shape index (κ2) is 6.41. The van der Waals surface area contributed by atoms with Crippen molar-refractivity contribution in [3.63, 3.8) is 0 Å². The van der Waals surface area contributed by atoms with Gasteiger partial charge in [-0.25, -0.2) is 0 Å². The SMILES string of the molecule is COc1ccc(N(CC(=O)N2CCCC2)C(C)=O)cc1. The summed E-state index contributed by atoms with van der Waals surface area (Å²) in [6.45, 7) is 3.17. The number of anilines is 1. The smallest absolute Gasteiger partial charge is 0.242 e. The molecule has 1 heterocycles. The number of nitrogens with zero attached hydrogens (tertiary/aromatic N) is 2. The average Bonchev–Trinajstić information content (AvgIpc) is 2.98. The molecule has 0 bridgehead atoms. The number of hydrogen-bond donors (Lipinski definition) is 0. The second-order valence-electron chi connectivity index (χ2n) is 4.89. The van der Waals surface area contributed by atoms with Crippen LogP contribution in [0.5, 0.6) is 5.75 Å². The Morgan fingerprint density at radius 3 is 2.30 bits per heavy atom. The molecule has 0 saturated carbocycles. The highest BCUT2D eigenvalue weighted by molar-refractivity contribution is 5.97. The molecule has 20 heavy (non-hydrogen) atoms. The second-order valence-corrected chi connectivity index (χ2v) is 4.89. The van der Waals surface area contributed by atoms with Crippen molar-refractivity contribution in [2.24, 2.45) is 0 Å². The monoisotopic (exact) mass is 276 g/mol. The average molecular weight is 276 g/mol. The number of carbonyl (C=O) groups excluding carboxylic acids is 2. The molecule has 1 aliphatic heterocycles. The summed E-state index contributed by atoms with van der Waals surface area (Å²) in [5.41, 5.74) is 0.714. The Morgan fingerprint density at radius 1 is 1.20 bits per heavy atom. The van der Waals surface area contributed by atoms with Gasteiger partial charge in [-0.1, -0.05) is 0 Å². The molecule has 0 radical (unpaired) electrons. The zero-order valence-electron chi connectivity index (χ0n) is 12.0. The number of likely N-dealkylation sites (tertiary alicyclic amines) is 1. The van der Waals surface area contributed by atoms with Gasteiger partial charge in [-0.15, -0.1) is 0 Å². The topological polar surface area (TPSA) is 49.9 Å². The fraction of sp³-hybridized carbons (Fsp3) is 0.467. The van der Waals surface area contributed by atoms with Crippen LogP contribution in [-0.4, -0.2) is 43.5 Å². The predicted octanol–water partition coefficient (Wildman–Crippen LogP) is 1.67. The zero-order chi connectivity index (χ0) is 14.5. The molecule has 1 aromatic carbocycles. The van der Waals surface area contributed by atoms with Crippen molar-refractivity contribution in [3.05, 3.63) is 24.3 Å². The molecule has 0 atom stereocenters. The molecule has 1 fully saturated rings. The Morgan fingerprint density at radius 2 is 1.80 bits per heavy atom. The Hall–Kier alpha value is -2.04. The van der Waals surface area contributed by atoms with Gasteiger partial charge >= 0.3 is 0 Å². The summed E-state index contributed by atoms with van der Waals surface area (Å²) in [5.74, 6) is 0.597. The predicted molar refractivity (Wildman–Crippen MR) is 76.8 cm³/mol. The van der Waals surface area contributed by atoms with E-state index in [9.17, 15) is 9.59 Å². The van der Waals surface area contributed by atoms with E-state index in [0.717, 1.165) is 31.7 Å². The van der Waals surface area contributed by atoms with E-state index >= 15 is 0 Å². The number of ether oxygens (including phenoxy) is 1. The van der Waals surface area contributed by atoms with Crippen molar-refractivity contribution in [2.45, 2.75) is 19.8 Å². The third kappa shape index (κ3) is 3.29. The maximum absolute atomic E-state index is 12.2. The Labute approximate surface area is 119 Å². The first-order valence-corrected chi connectivity index (χ1v) is 6.82. The first kappa shape index (κ1) is 14.4. The lowest BCUT2D eigenvalue weighted by atomic mass is 10.2. The molecule has 2 amide bonds. The van der Waals surface area contributed by atoms with Crippen LogP contribution < -0.4 is 9.64 Å². The fourth-order valence-corrected chi connectivity index (χ4v) is 2.35. The van der Waals surface area contributed by atoms with Gasteiger partial charge in [-0.05, 0) is 37.1 Å². The summed E-state index contributed by atoms with van der Waals surface area (Å²) < 4.78 is 5.09. The van der Waals surface area contributed by atoms with Gasteiger partial charge in [-0.3, -0.25) is 9.59 Å². The van der Waals surface area contributed by atoms with Crippen LogP contribution in [0.3, 0.4) is 0 Å². The van der Waals surface area contributed by atoms with Crippen LogP contribution >= 0.6 is 0 Å². The number of amides is 2. The molecule has 1 aromatic rings. The molecule has 0 aromatic heterocycles. The third-order valence-electron chi connectivity index (χ3n) is 3.52. The summed E-state index contributed by atoms with van der Waals surface area (Å²) in [6.07, 6.45) is 2.10. The van der Waals surface area contributed by atoms with E-state index in [0.29, 0.717) is 5.69 Å². The molecule has 0 aliphatic carbocycles. The highest BCUT2D eigenvalue weighted by Gasteiger charge is 2.22. The lowest BCUT2D eigenvalue weighted by molar-refractivity contribution is -0.130. The quantitative estimate of drug-likeness (QED) is 0.840. The Kier molecular flexibility index (Phi) is 4.61. The molecule has 1 aliphatic rings. The molecule has 0 unspecified atom stereocenters. The fourth-order valence-electron chi connectivity index (χ4n) is 2.35. The van der Waals surface area contributed by atoms with E-state index in [-0.39, 0.29) is 18.4 Å². The van der Waals surface area contributed by atoms with Crippen LogP contribution in [-0.2, 0) is 9.59 Å². The number of benzene rings is 1. The summed E-state index contributed by atoms with van der Waals surface area (Å²) in [5, 5.41) is 0. The first-order valence-electron chi connectivity index (χ1n) is 6.82. The van der Waals surface area contributed by atoms with E-state index in [1.807, 2.05) is 4.90 Å². The molecule has 108 valence electrons. The largest absolute Gasteiger partial charge is 0.497 e. The zero-order valence-corrected chi connectivity index (χ0v) is 12.0. The molecule has 5 nitrogen and oxygen atoms in total. The third-order valence-corrected chi connectivity index (χ3v) is 3.52. The van der Waals surface area contributed by atoms with Gasteiger partial charge in [0.15, 0.2) is 0 Å². The molecule has 2 rings (SSSR count). The van der Waals surface area contributed by atoms with Crippen LogP contribution in [0, 0.1) is 0 Å². The molecule has 5 heteroatoms. The highest BCUT2D eigenvalue weighted by atomic mass is 16.5. The van der Waals surface area contributed by atoms with Crippen molar-refractivity contribution in [1.29, 1.82) is 0 Å². The lowest BCUT2D eigenvalue weighted by Gasteiger charge is -2.24. The van der Waals surface area contributed by atoms with Gasteiger partial charge in [0.1, 0.15) is 12.3 Å². The molecular weight excluding hydrogens is 256 g/mol. The summed E-state index contributed by atoms with van der Waals surface area (Å²) in [4.78, 5) is 27.3. The van der Waals surface area contributed by atoms with Crippen LogP contribution in [0.15, 0.2) is 24.3 Å². The number of methoxy groups -OCH3 is 1. The molecule has 0 N–H and O–H groups in total. The van der Waals surface area contributed by atoms with Crippen molar-refractivity contribution in [1.82, 2.24) is 4.90 Å². The Bertz CT molecular complexity index is 478. The lowest BCUT2D eigenvalue weighted by Crippen LogP contribution is -2.41. The van der Waals surface area contributed by atoms with Gasteiger partial charge in [-0.2, -0.15) is 0 Å². The molecular formula is C15H20N2O3. The molecule has 0 spiro atoms. The summed E-state index contributed by atoms with van der Waals surface area (Å²) in [7, 11) is 1.59. The van der Waals surface area contributed by atoms with Crippen LogP contribution in [0.4, 0.5) is 5.69 Å². The van der Waals surface area contributed by atoms with Gasteiger partial charge in [0.25, 0.3) is 0 Å². The number of carbonyl (C=O) groups is 2. The maximum Gasteiger partial charge on any atom is 0.242 e. The van der Waals surface area contributed by atoms with E-state index in [1.54, 1.807) is 31.4 Å².